The highest BCUT2D eigenvalue weighted by atomic mass is 16.5. The van der Waals surface area contributed by atoms with Crippen LogP contribution in [0.2, 0.25) is 0 Å². The van der Waals surface area contributed by atoms with Crippen LogP contribution in [0.15, 0.2) is 49.1 Å². The van der Waals surface area contributed by atoms with Crippen molar-refractivity contribution in [2.75, 3.05) is 0 Å². The van der Waals surface area contributed by atoms with Gasteiger partial charge in [-0.25, -0.2) is 0 Å². The van der Waals surface area contributed by atoms with Gasteiger partial charge in [0.1, 0.15) is 6.61 Å². The van der Waals surface area contributed by atoms with Crippen LogP contribution < -0.4 is 5.32 Å². The van der Waals surface area contributed by atoms with E-state index in [2.05, 4.69) is 24.0 Å². The lowest BCUT2D eigenvalue weighted by Gasteiger charge is -2.10. The number of benzene rings is 2. The minimum absolute atomic E-state index is 0.0530. The molecule has 1 heterocycles. The standard InChI is InChI=1S/C23H23NO4/c1-3-4-5-7-16-10-11-18(15(2)12-16)14-28-20(25)13-17-8-6-9-19-21(17)23(27)24-22(19)26/h3,6,8-12H,1,4-5,7,13-14H2,2H3,(H,24,26,27). The van der Waals surface area contributed by atoms with Crippen LogP contribution in [0.25, 0.3) is 0 Å². The Balaban J connectivity index is 1.60. The Morgan fingerprint density at radius 1 is 1.14 bits per heavy atom. The number of allylic oxidation sites excluding steroid dienone is 1. The topological polar surface area (TPSA) is 72.5 Å². The summed E-state index contributed by atoms with van der Waals surface area (Å²) in [5.74, 6) is -1.33. The van der Waals surface area contributed by atoms with Gasteiger partial charge in [0.15, 0.2) is 0 Å². The molecule has 0 aromatic heterocycles. The molecule has 1 N–H and O–H groups in total. The Bertz CT molecular complexity index is 946. The molecule has 0 unspecified atom stereocenters. The number of imide groups is 1. The van der Waals surface area contributed by atoms with Crippen molar-refractivity contribution in [1.82, 2.24) is 5.32 Å². The molecular formula is C23H23NO4. The summed E-state index contributed by atoms with van der Waals surface area (Å²) in [7, 11) is 0. The van der Waals surface area contributed by atoms with Crippen molar-refractivity contribution in [3.63, 3.8) is 0 Å². The number of hydrogen-bond acceptors (Lipinski definition) is 4. The molecule has 144 valence electrons. The molecule has 0 bridgehead atoms. The van der Waals surface area contributed by atoms with Crippen molar-refractivity contribution in [3.8, 4) is 0 Å². The molecule has 0 radical (unpaired) electrons. The predicted octanol–water partition coefficient (Wildman–Crippen LogP) is 3.67. The number of fused-ring (bicyclic) bond motifs is 1. The number of unbranched alkanes of at least 4 members (excludes halogenated alkanes) is 1. The number of ether oxygens (including phenoxy) is 1. The van der Waals surface area contributed by atoms with E-state index in [1.54, 1.807) is 18.2 Å². The molecule has 2 aromatic carbocycles. The third-order valence-corrected chi connectivity index (χ3v) is 4.85. The molecule has 0 spiro atoms. The van der Waals surface area contributed by atoms with E-state index in [4.69, 9.17) is 4.74 Å². The van der Waals surface area contributed by atoms with E-state index >= 15 is 0 Å². The maximum Gasteiger partial charge on any atom is 0.310 e. The Labute approximate surface area is 164 Å². The van der Waals surface area contributed by atoms with Crippen LogP contribution in [0.1, 0.15) is 55.8 Å². The number of aryl methyl sites for hydroxylation is 2. The quantitative estimate of drug-likeness (QED) is 0.330. The minimum atomic E-state index is -0.466. The second-order valence-electron chi connectivity index (χ2n) is 6.90. The summed E-state index contributed by atoms with van der Waals surface area (Å²) in [5.41, 5.74) is 4.36. The van der Waals surface area contributed by atoms with Gasteiger partial charge in [0, 0.05) is 0 Å². The van der Waals surface area contributed by atoms with Gasteiger partial charge in [-0.3, -0.25) is 19.7 Å². The lowest BCUT2D eigenvalue weighted by atomic mass is 10.0. The highest BCUT2D eigenvalue weighted by molar-refractivity contribution is 6.22. The summed E-state index contributed by atoms with van der Waals surface area (Å²) >= 11 is 0. The van der Waals surface area contributed by atoms with E-state index in [1.807, 2.05) is 19.1 Å². The van der Waals surface area contributed by atoms with Crippen LogP contribution in [0.3, 0.4) is 0 Å². The first-order chi connectivity index (χ1) is 13.5. The van der Waals surface area contributed by atoms with Crippen LogP contribution in [0.4, 0.5) is 0 Å². The zero-order valence-electron chi connectivity index (χ0n) is 15.9. The predicted molar refractivity (Wildman–Crippen MR) is 106 cm³/mol. The monoisotopic (exact) mass is 377 g/mol. The fourth-order valence-corrected chi connectivity index (χ4v) is 3.33. The van der Waals surface area contributed by atoms with Gasteiger partial charge in [-0.05, 0) is 54.5 Å². The average Bonchev–Trinajstić information content (AvgIpc) is 2.96. The average molecular weight is 377 g/mol. The van der Waals surface area contributed by atoms with E-state index in [-0.39, 0.29) is 18.6 Å². The van der Waals surface area contributed by atoms with Crippen LogP contribution in [-0.2, 0) is 29.0 Å². The summed E-state index contributed by atoms with van der Waals surface area (Å²) in [6.45, 7) is 5.91. The number of rotatable bonds is 8. The normalized spacial score (nSPS) is 12.5. The second-order valence-corrected chi connectivity index (χ2v) is 6.90. The number of esters is 1. The molecule has 5 heteroatoms. The third kappa shape index (κ3) is 4.36. The van der Waals surface area contributed by atoms with Gasteiger partial charge in [-0.1, -0.05) is 36.4 Å². The largest absolute Gasteiger partial charge is 0.461 e. The van der Waals surface area contributed by atoms with Crippen LogP contribution in [0.5, 0.6) is 0 Å². The van der Waals surface area contributed by atoms with Crippen molar-refractivity contribution in [3.05, 3.63) is 82.4 Å². The fraction of sp³-hybridized carbons (Fsp3) is 0.261. The third-order valence-electron chi connectivity index (χ3n) is 4.85. The first-order valence-corrected chi connectivity index (χ1v) is 9.32. The molecule has 28 heavy (non-hydrogen) atoms. The maximum absolute atomic E-state index is 12.3. The Hall–Kier alpha value is -3.21. The van der Waals surface area contributed by atoms with Gasteiger partial charge in [-0.2, -0.15) is 0 Å². The minimum Gasteiger partial charge on any atom is -0.461 e. The van der Waals surface area contributed by atoms with Gasteiger partial charge < -0.3 is 4.74 Å². The van der Waals surface area contributed by atoms with E-state index < -0.39 is 17.8 Å². The van der Waals surface area contributed by atoms with Gasteiger partial charge >= 0.3 is 5.97 Å². The fourth-order valence-electron chi connectivity index (χ4n) is 3.33. The first-order valence-electron chi connectivity index (χ1n) is 9.32. The van der Waals surface area contributed by atoms with Gasteiger partial charge in [0.25, 0.3) is 11.8 Å². The van der Waals surface area contributed by atoms with E-state index in [0.29, 0.717) is 11.1 Å². The molecular weight excluding hydrogens is 354 g/mol. The molecule has 0 fully saturated rings. The molecule has 0 aliphatic carbocycles. The number of carbonyl (C=O) groups excluding carboxylic acids is 3. The zero-order chi connectivity index (χ0) is 20.1. The number of amides is 2. The van der Waals surface area contributed by atoms with Crippen molar-refractivity contribution >= 4 is 17.8 Å². The lowest BCUT2D eigenvalue weighted by Crippen LogP contribution is -2.20. The van der Waals surface area contributed by atoms with Crippen molar-refractivity contribution in [2.24, 2.45) is 0 Å². The SMILES string of the molecule is C=CCCCc1ccc(COC(=O)Cc2cccc3c2C(=O)NC3=O)c(C)c1. The van der Waals surface area contributed by atoms with E-state index in [0.717, 1.165) is 30.4 Å². The second kappa shape index (κ2) is 8.65. The van der Waals surface area contributed by atoms with Gasteiger partial charge in [-0.15, -0.1) is 6.58 Å². The number of hydrogen-bond donors (Lipinski definition) is 1. The van der Waals surface area contributed by atoms with Crippen LogP contribution >= 0.6 is 0 Å². The molecule has 0 saturated heterocycles. The van der Waals surface area contributed by atoms with Crippen LogP contribution in [-0.4, -0.2) is 17.8 Å². The number of carbonyl (C=O) groups is 3. The lowest BCUT2D eigenvalue weighted by molar-refractivity contribution is -0.144. The smallest absolute Gasteiger partial charge is 0.310 e. The molecule has 1 aliphatic rings. The van der Waals surface area contributed by atoms with Crippen molar-refractivity contribution in [1.29, 1.82) is 0 Å². The zero-order valence-corrected chi connectivity index (χ0v) is 15.9. The highest BCUT2D eigenvalue weighted by Crippen LogP contribution is 2.21. The molecule has 2 amide bonds. The summed E-state index contributed by atoms with van der Waals surface area (Å²) in [6.07, 6.45) is 4.91. The molecule has 3 rings (SSSR count). The van der Waals surface area contributed by atoms with E-state index in [9.17, 15) is 14.4 Å². The number of nitrogens with one attached hydrogen (secondary N) is 1. The van der Waals surface area contributed by atoms with Gasteiger partial charge in [0.2, 0.25) is 0 Å². The Kier molecular flexibility index (Phi) is 6.04. The molecule has 0 atom stereocenters. The Morgan fingerprint density at radius 2 is 1.96 bits per heavy atom. The molecule has 2 aromatic rings. The van der Waals surface area contributed by atoms with Crippen molar-refractivity contribution < 1.29 is 19.1 Å². The summed E-state index contributed by atoms with van der Waals surface area (Å²) < 4.78 is 5.40. The van der Waals surface area contributed by atoms with Gasteiger partial charge in [0.05, 0.1) is 17.5 Å². The van der Waals surface area contributed by atoms with Crippen molar-refractivity contribution in [2.45, 2.75) is 39.2 Å². The van der Waals surface area contributed by atoms with E-state index in [1.165, 1.54) is 5.56 Å². The molecule has 0 saturated carbocycles. The summed E-state index contributed by atoms with van der Waals surface area (Å²) in [5, 5.41) is 2.25. The molecule has 5 nitrogen and oxygen atoms in total. The maximum atomic E-state index is 12.3. The highest BCUT2D eigenvalue weighted by Gasteiger charge is 2.29. The Morgan fingerprint density at radius 3 is 2.71 bits per heavy atom. The molecule has 1 aliphatic heterocycles. The summed E-state index contributed by atoms with van der Waals surface area (Å²) in [6, 6.07) is 11.1. The first kappa shape index (κ1) is 19.5. The van der Waals surface area contributed by atoms with Crippen LogP contribution in [0, 0.1) is 6.92 Å². The summed E-state index contributed by atoms with van der Waals surface area (Å²) in [4.78, 5) is 35.9.